The number of ether oxygens (including phenoxy) is 1. The number of hydrogen-bond acceptors (Lipinski definition) is 4. The predicted octanol–water partition coefficient (Wildman–Crippen LogP) is 6.46. The molecule has 1 aromatic carbocycles. The monoisotopic (exact) mass is 519 g/mol. The average Bonchev–Trinajstić information content (AvgIpc) is 2.80. The fourth-order valence-corrected chi connectivity index (χ4v) is 3.39. The first kappa shape index (κ1) is 29.6. The lowest BCUT2D eigenvalue weighted by atomic mass is 9.79. The maximum atomic E-state index is 15.4. The number of benzene rings is 1. The molecule has 0 amide bonds. The molecule has 9 heteroatoms. The SMILES string of the molecule is C=C/C(=C\C(=C)F)C(C)(O)C(C)(F)CCOc1c(F)ccc(C2=CC(=C)N(/N=C(/N)C(C)C)C=C2)c1F. The van der Waals surface area contributed by atoms with E-state index in [1.54, 1.807) is 18.4 Å². The highest BCUT2D eigenvalue weighted by atomic mass is 19.1. The van der Waals surface area contributed by atoms with Crippen LogP contribution >= 0.6 is 0 Å². The van der Waals surface area contributed by atoms with Crippen molar-refractivity contribution in [2.45, 2.75) is 45.4 Å². The van der Waals surface area contributed by atoms with Gasteiger partial charge in [0.05, 0.1) is 12.3 Å². The molecule has 0 spiro atoms. The summed E-state index contributed by atoms with van der Waals surface area (Å²) in [6, 6.07) is 2.28. The summed E-state index contributed by atoms with van der Waals surface area (Å²) < 4.78 is 63.7. The van der Waals surface area contributed by atoms with E-state index in [9.17, 15) is 13.9 Å². The summed E-state index contributed by atoms with van der Waals surface area (Å²) in [5.41, 5.74) is 2.01. The summed E-state index contributed by atoms with van der Waals surface area (Å²) in [6.45, 7) is 15.9. The van der Waals surface area contributed by atoms with Gasteiger partial charge in [0.1, 0.15) is 22.9 Å². The van der Waals surface area contributed by atoms with Crippen molar-refractivity contribution in [1.82, 2.24) is 5.01 Å². The van der Waals surface area contributed by atoms with Crippen LogP contribution in [0.25, 0.3) is 5.57 Å². The molecular weight excluding hydrogens is 486 g/mol. The molecule has 1 aromatic rings. The third-order valence-electron chi connectivity index (χ3n) is 6.11. The number of rotatable bonds is 11. The van der Waals surface area contributed by atoms with Crippen LogP contribution in [0.2, 0.25) is 0 Å². The molecule has 0 bridgehead atoms. The van der Waals surface area contributed by atoms with Gasteiger partial charge in [0.25, 0.3) is 0 Å². The van der Waals surface area contributed by atoms with E-state index in [0.29, 0.717) is 17.1 Å². The Bertz CT molecular complexity index is 1190. The van der Waals surface area contributed by atoms with Gasteiger partial charge in [-0.15, -0.1) is 0 Å². The summed E-state index contributed by atoms with van der Waals surface area (Å²) >= 11 is 0. The minimum absolute atomic E-state index is 0.0123. The summed E-state index contributed by atoms with van der Waals surface area (Å²) in [5, 5.41) is 16.4. The zero-order chi connectivity index (χ0) is 28.1. The van der Waals surface area contributed by atoms with Gasteiger partial charge in [0, 0.05) is 24.1 Å². The molecule has 1 aliphatic heterocycles. The smallest absolute Gasteiger partial charge is 0.191 e. The van der Waals surface area contributed by atoms with Crippen molar-refractivity contribution in [2.24, 2.45) is 16.8 Å². The standard InChI is InChI=1S/C28H33F4N3O2/c1-8-21(15-18(4)29)28(7,36)27(6,32)12-14-37-25-23(30)10-9-22(24(25)31)20-11-13-35(19(5)16-20)34-26(33)17(2)3/h8-11,13,15-17,36H,1,4-5,12,14H2,2-3,6-7H3,(H2,33,34)/b21-15+. The number of hydrazone groups is 1. The van der Waals surface area contributed by atoms with Crippen molar-refractivity contribution < 1.29 is 27.4 Å². The van der Waals surface area contributed by atoms with Crippen LogP contribution < -0.4 is 10.5 Å². The van der Waals surface area contributed by atoms with Crippen molar-refractivity contribution in [3.8, 4) is 5.75 Å². The summed E-state index contributed by atoms with van der Waals surface area (Å²) in [4.78, 5) is 0. The van der Waals surface area contributed by atoms with Gasteiger partial charge in [-0.1, -0.05) is 39.7 Å². The van der Waals surface area contributed by atoms with Crippen LogP contribution in [-0.4, -0.2) is 33.8 Å². The van der Waals surface area contributed by atoms with E-state index in [4.69, 9.17) is 10.5 Å². The van der Waals surface area contributed by atoms with E-state index >= 15 is 8.78 Å². The van der Waals surface area contributed by atoms with Crippen LogP contribution in [0.3, 0.4) is 0 Å². The molecule has 0 fully saturated rings. The molecule has 0 aromatic heterocycles. The molecule has 1 aliphatic rings. The number of hydrogen-bond donors (Lipinski definition) is 2. The van der Waals surface area contributed by atoms with E-state index in [-0.39, 0.29) is 17.1 Å². The second-order valence-corrected chi connectivity index (χ2v) is 9.29. The molecule has 2 atom stereocenters. The van der Waals surface area contributed by atoms with Gasteiger partial charge in [0.15, 0.2) is 17.4 Å². The number of nitrogens with two attached hydrogens (primary N) is 1. The number of aliphatic hydroxyl groups is 1. The van der Waals surface area contributed by atoms with Crippen molar-refractivity contribution in [3.05, 3.63) is 96.7 Å². The Labute approximate surface area is 215 Å². The van der Waals surface area contributed by atoms with Crippen molar-refractivity contribution in [2.75, 3.05) is 6.61 Å². The van der Waals surface area contributed by atoms with Gasteiger partial charge in [-0.25, -0.2) is 22.6 Å². The summed E-state index contributed by atoms with van der Waals surface area (Å²) in [5.74, 6) is -3.17. The van der Waals surface area contributed by atoms with Gasteiger partial charge in [-0.2, -0.15) is 5.10 Å². The topological polar surface area (TPSA) is 71.1 Å². The Morgan fingerprint density at radius 3 is 2.49 bits per heavy atom. The number of amidine groups is 1. The molecule has 0 radical (unpaired) electrons. The average molecular weight is 520 g/mol. The molecule has 2 rings (SSSR count). The van der Waals surface area contributed by atoms with Crippen LogP contribution in [0.1, 0.15) is 39.7 Å². The Hall–Kier alpha value is -3.59. The zero-order valence-electron chi connectivity index (χ0n) is 21.5. The molecule has 3 N–H and O–H groups in total. The second kappa shape index (κ2) is 11.6. The van der Waals surface area contributed by atoms with E-state index in [2.05, 4.69) is 24.8 Å². The minimum Gasteiger partial charge on any atom is -0.487 e. The van der Waals surface area contributed by atoms with Gasteiger partial charge < -0.3 is 15.6 Å². The molecule has 5 nitrogen and oxygen atoms in total. The molecule has 37 heavy (non-hydrogen) atoms. The van der Waals surface area contributed by atoms with Gasteiger partial charge in [0.2, 0.25) is 0 Å². The first-order chi connectivity index (χ1) is 17.1. The Morgan fingerprint density at radius 2 is 1.95 bits per heavy atom. The highest BCUT2D eigenvalue weighted by molar-refractivity contribution is 5.82. The number of halogens is 4. The van der Waals surface area contributed by atoms with E-state index in [1.165, 1.54) is 11.1 Å². The molecule has 200 valence electrons. The Morgan fingerprint density at radius 1 is 1.30 bits per heavy atom. The van der Waals surface area contributed by atoms with Crippen LogP contribution in [-0.2, 0) is 0 Å². The first-order valence-electron chi connectivity index (χ1n) is 11.6. The lowest BCUT2D eigenvalue weighted by Gasteiger charge is -2.37. The van der Waals surface area contributed by atoms with E-state index in [0.717, 1.165) is 32.1 Å². The highest BCUT2D eigenvalue weighted by Crippen LogP contribution is 2.38. The van der Waals surface area contributed by atoms with Crippen molar-refractivity contribution in [1.29, 1.82) is 0 Å². The molecule has 0 saturated heterocycles. The van der Waals surface area contributed by atoms with Gasteiger partial charge in [-0.05, 0) is 55.4 Å². The van der Waals surface area contributed by atoms with Crippen LogP contribution in [0, 0.1) is 17.6 Å². The Balaban J connectivity index is 2.24. The fourth-order valence-electron chi connectivity index (χ4n) is 3.39. The van der Waals surface area contributed by atoms with E-state index in [1.807, 2.05) is 13.8 Å². The second-order valence-electron chi connectivity index (χ2n) is 9.29. The quantitative estimate of drug-likeness (QED) is 0.152. The van der Waals surface area contributed by atoms with Crippen LogP contribution in [0.15, 0.2) is 84.6 Å². The third-order valence-corrected chi connectivity index (χ3v) is 6.11. The number of allylic oxidation sites excluding steroid dienone is 5. The molecule has 1 heterocycles. The largest absolute Gasteiger partial charge is 0.487 e. The maximum absolute atomic E-state index is 15.4. The van der Waals surface area contributed by atoms with Gasteiger partial charge in [-0.3, -0.25) is 0 Å². The number of nitrogens with zero attached hydrogens (tertiary/aromatic N) is 2. The molecular formula is C28H33F4N3O2. The lowest BCUT2D eigenvalue weighted by Crippen LogP contribution is -2.48. The molecule has 2 unspecified atom stereocenters. The summed E-state index contributed by atoms with van der Waals surface area (Å²) in [6.07, 6.45) is 6.14. The predicted molar refractivity (Wildman–Crippen MR) is 140 cm³/mol. The lowest BCUT2D eigenvalue weighted by molar-refractivity contribution is -0.0611. The number of alkyl halides is 1. The van der Waals surface area contributed by atoms with Crippen LogP contribution in [0.4, 0.5) is 17.6 Å². The normalized spacial score (nSPS) is 17.8. The summed E-state index contributed by atoms with van der Waals surface area (Å²) in [7, 11) is 0. The van der Waals surface area contributed by atoms with E-state index < -0.39 is 47.5 Å². The zero-order valence-corrected chi connectivity index (χ0v) is 21.5. The minimum atomic E-state index is -2.37. The third kappa shape index (κ3) is 6.80. The molecule has 0 aliphatic carbocycles. The fraction of sp³-hybridized carbons (Fsp3) is 0.321. The van der Waals surface area contributed by atoms with Gasteiger partial charge >= 0.3 is 0 Å². The van der Waals surface area contributed by atoms with Crippen molar-refractivity contribution in [3.63, 3.8) is 0 Å². The van der Waals surface area contributed by atoms with Crippen LogP contribution in [0.5, 0.6) is 5.75 Å². The first-order valence-corrected chi connectivity index (χ1v) is 11.6. The Kier molecular flexibility index (Phi) is 9.33. The maximum Gasteiger partial charge on any atom is 0.191 e. The molecule has 0 saturated carbocycles. The van der Waals surface area contributed by atoms with Crippen molar-refractivity contribution >= 4 is 11.4 Å². The highest BCUT2D eigenvalue weighted by Gasteiger charge is 2.45.